The van der Waals surface area contributed by atoms with Crippen molar-refractivity contribution < 1.29 is 14.3 Å². The monoisotopic (exact) mass is 422 g/mol. The average Bonchev–Trinajstić information content (AvgIpc) is 2.70. The zero-order valence-electron chi connectivity index (χ0n) is 16.0. The molecular weight excluding hydrogens is 399 g/mol. The highest BCUT2D eigenvalue weighted by Crippen LogP contribution is 2.32. The Morgan fingerprint density at radius 2 is 1.96 bits per heavy atom. The molecule has 1 aliphatic heterocycles. The number of halogens is 2. The van der Waals surface area contributed by atoms with Gasteiger partial charge in [-0.25, -0.2) is 0 Å². The second kappa shape index (κ2) is 9.61. The molecule has 2 aromatic rings. The van der Waals surface area contributed by atoms with Crippen molar-refractivity contribution in [3.05, 3.63) is 63.6 Å². The number of benzene rings is 2. The molecule has 1 saturated heterocycles. The number of likely N-dealkylation sites (N-methyl/N-ethyl adjacent to an activating group) is 1. The van der Waals surface area contributed by atoms with Gasteiger partial charge in [0.1, 0.15) is 11.8 Å². The fraction of sp³-hybridized carbons (Fsp3) is 0.381. The maximum Gasteiger partial charge on any atom is 0.244 e. The topological polar surface area (TPSA) is 42.0 Å². The van der Waals surface area contributed by atoms with E-state index in [-0.39, 0.29) is 5.91 Å². The molecule has 0 aliphatic carbocycles. The molecule has 7 heteroatoms. The molecule has 2 aromatic carbocycles. The van der Waals surface area contributed by atoms with Crippen LogP contribution in [0.2, 0.25) is 10.0 Å². The van der Waals surface area contributed by atoms with E-state index in [0.29, 0.717) is 42.9 Å². The molecule has 0 saturated carbocycles. The Balaban J connectivity index is 1.86. The van der Waals surface area contributed by atoms with Crippen molar-refractivity contribution >= 4 is 29.1 Å². The number of hydrogen-bond donors (Lipinski definition) is 0. The van der Waals surface area contributed by atoms with Crippen molar-refractivity contribution in [3.63, 3.8) is 0 Å². The fourth-order valence-corrected chi connectivity index (χ4v) is 3.89. The summed E-state index contributed by atoms with van der Waals surface area (Å²) < 4.78 is 10.7. The molecule has 0 bridgehead atoms. The van der Waals surface area contributed by atoms with Crippen molar-refractivity contribution in [1.29, 1.82) is 0 Å². The molecule has 1 heterocycles. The summed E-state index contributed by atoms with van der Waals surface area (Å²) in [7, 11) is 3.43. The quantitative estimate of drug-likeness (QED) is 0.704. The van der Waals surface area contributed by atoms with Crippen LogP contribution in [0, 0.1) is 0 Å². The SMILES string of the molecule is COc1cccc(CN(C)C(=O)[C@@H](c2ccc(Cl)cc2Cl)N2CCOCC2)c1. The summed E-state index contributed by atoms with van der Waals surface area (Å²) in [5.74, 6) is 0.748. The van der Waals surface area contributed by atoms with E-state index < -0.39 is 6.04 Å². The van der Waals surface area contributed by atoms with Gasteiger partial charge in [-0.3, -0.25) is 9.69 Å². The number of morpholine rings is 1. The molecule has 1 amide bonds. The third-order valence-electron chi connectivity index (χ3n) is 4.83. The van der Waals surface area contributed by atoms with Gasteiger partial charge in [0.15, 0.2) is 0 Å². The third kappa shape index (κ3) is 4.97. The molecule has 5 nitrogen and oxygen atoms in total. The van der Waals surface area contributed by atoms with E-state index in [0.717, 1.165) is 16.9 Å². The van der Waals surface area contributed by atoms with Crippen LogP contribution in [0.3, 0.4) is 0 Å². The smallest absolute Gasteiger partial charge is 0.244 e. The molecule has 0 unspecified atom stereocenters. The zero-order chi connectivity index (χ0) is 20.1. The lowest BCUT2D eigenvalue weighted by Gasteiger charge is -2.36. The van der Waals surface area contributed by atoms with Gasteiger partial charge < -0.3 is 14.4 Å². The van der Waals surface area contributed by atoms with E-state index in [1.165, 1.54) is 0 Å². The van der Waals surface area contributed by atoms with Gasteiger partial charge in [0.2, 0.25) is 5.91 Å². The van der Waals surface area contributed by atoms with Gasteiger partial charge in [-0.2, -0.15) is 0 Å². The first kappa shape index (κ1) is 20.9. The summed E-state index contributed by atoms with van der Waals surface area (Å²) in [6.07, 6.45) is 0. The van der Waals surface area contributed by atoms with E-state index in [1.807, 2.05) is 30.3 Å². The van der Waals surface area contributed by atoms with E-state index in [2.05, 4.69) is 4.90 Å². The van der Waals surface area contributed by atoms with Gasteiger partial charge in [-0.15, -0.1) is 0 Å². The highest BCUT2D eigenvalue weighted by molar-refractivity contribution is 6.35. The van der Waals surface area contributed by atoms with Crippen molar-refractivity contribution in [2.75, 3.05) is 40.5 Å². The molecule has 1 aliphatic rings. The lowest BCUT2D eigenvalue weighted by molar-refractivity contribution is -0.138. The van der Waals surface area contributed by atoms with E-state index in [4.69, 9.17) is 32.7 Å². The standard InChI is InChI=1S/C21H24Cl2N2O3/c1-24(14-15-4-3-5-17(12-15)27-2)21(26)20(25-8-10-28-11-9-25)18-7-6-16(22)13-19(18)23/h3-7,12-13,20H,8-11,14H2,1-2H3/t20-/m1/s1. The van der Waals surface area contributed by atoms with Crippen LogP contribution in [-0.2, 0) is 16.1 Å². The van der Waals surface area contributed by atoms with Crippen LogP contribution in [0.1, 0.15) is 17.2 Å². The molecular formula is C21H24Cl2N2O3. The van der Waals surface area contributed by atoms with Gasteiger partial charge in [-0.1, -0.05) is 41.4 Å². The highest BCUT2D eigenvalue weighted by Gasteiger charge is 2.32. The first-order valence-corrected chi connectivity index (χ1v) is 9.90. The Morgan fingerprint density at radius 3 is 2.64 bits per heavy atom. The molecule has 0 radical (unpaired) electrons. The lowest BCUT2D eigenvalue weighted by atomic mass is 10.0. The van der Waals surface area contributed by atoms with Crippen LogP contribution >= 0.6 is 23.2 Å². The fourth-order valence-electron chi connectivity index (χ4n) is 3.38. The summed E-state index contributed by atoms with van der Waals surface area (Å²) in [5, 5.41) is 1.04. The summed E-state index contributed by atoms with van der Waals surface area (Å²) in [6, 6.07) is 12.5. The first-order valence-electron chi connectivity index (χ1n) is 9.14. The van der Waals surface area contributed by atoms with Gasteiger partial charge in [-0.05, 0) is 35.4 Å². The second-order valence-corrected chi connectivity index (χ2v) is 7.61. The predicted molar refractivity (Wildman–Crippen MR) is 111 cm³/mol. The Hall–Kier alpha value is -1.79. The zero-order valence-corrected chi connectivity index (χ0v) is 17.5. The average molecular weight is 423 g/mol. The molecule has 28 heavy (non-hydrogen) atoms. The minimum atomic E-state index is -0.482. The maximum absolute atomic E-state index is 13.5. The molecule has 0 spiro atoms. The number of amides is 1. The summed E-state index contributed by atoms with van der Waals surface area (Å²) in [5.41, 5.74) is 1.76. The number of methoxy groups -OCH3 is 1. The first-order chi connectivity index (χ1) is 13.5. The van der Waals surface area contributed by atoms with Crippen LogP contribution < -0.4 is 4.74 Å². The summed E-state index contributed by atoms with van der Waals surface area (Å²) in [6.45, 7) is 3.00. The lowest BCUT2D eigenvalue weighted by Crippen LogP contribution is -2.46. The third-order valence-corrected chi connectivity index (χ3v) is 5.39. The van der Waals surface area contributed by atoms with Crippen molar-refractivity contribution in [2.45, 2.75) is 12.6 Å². The summed E-state index contributed by atoms with van der Waals surface area (Å²) >= 11 is 12.5. The minimum absolute atomic E-state index is 0.0195. The molecule has 0 N–H and O–H groups in total. The minimum Gasteiger partial charge on any atom is -0.497 e. The molecule has 3 rings (SSSR count). The molecule has 1 atom stereocenters. The Bertz CT molecular complexity index is 825. The number of nitrogens with zero attached hydrogens (tertiary/aromatic N) is 2. The van der Waals surface area contributed by atoms with Crippen molar-refractivity contribution in [2.24, 2.45) is 0 Å². The molecule has 1 fully saturated rings. The van der Waals surface area contributed by atoms with E-state index in [9.17, 15) is 4.79 Å². The maximum atomic E-state index is 13.5. The van der Waals surface area contributed by atoms with Gasteiger partial charge in [0.25, 0.3) is 0 Å². The van der Waals surface area contributed by atoms with Crippen molar-refractivity contribution in [1.82, 2.24) is 9.80 Å². The van der Waals surface area contributed by atoms with Crippen LogP contribution in [0.15, 0.2) is 42.5 Å². The number of rotatable bonds is 6. The highest BCUT2D eigenvalue weighted by atomic mass is 35.5. The van der Waals surface area contributed by atoms with Gasteiger partial charge >= 0.3 is 0 Å². The number of carbonyl (C=O) groups excluding carboxylic acids is 1. The number of hydrogen-bond acceptors (Lipinski definition) is 4. The molecule has 0 aromatic heterocycles. The number of ether oxygens (including phenoxy) is 2. The van der Waals surface area contributed by atoms with Gasteiger partial charge in [0.05, 0.1) is 20.3 Å². The van der Waals surface area contributed by atoms with Gasteiger partial charge in [0, 0.05) is 36.7 Å². The van der Waals surface area contributed by atoms with E-state index in [1.54, 1.807) is 31.2 Å². The second-order valence-electron chi connectivity index (χ2n) is 6.76. The van der Waals surface area contributed by atoms with E-state index >= 15 is 0 Å². The largest absolute Gasteiger partial charge is 0.497 e. The van der Waals surface area contributed by atoms with Crippen LogP contribution in [0.5, 0.6) is 5.75 Å². The Morgan fingerprint density at radius 1 is 1.21 bits per heavy atom. The number of carbonyl (C=O) groups is 1. The van der Waals surface area contributed by atoms with Crippen LogP contribution in [-0.4, -0.2) is 56.2 Å². The van der Waals surface area contributed by atoms with Crippen LogP contribution in [0.25, 0.3) is 0 Å². The van der Waals surface area contributed by atoms with Crippen molar-refractivity contribution in [3.8, 4) is 5.75 Å². The van der Waals surface area contributed by atoms with Crippen LogP contribution in [0.4, 0.5) is 0 Å². The Kier molecular flexibility index (Phi) is 7.18. The normalized spacial score (nSPS) is 15.9. The summed E-state index contributed by atoms with van der Waals surface area (Å²) in [4.78, 5) is 17.3. The molecule has 150 valence electrons. The predicted octanol–water partition coefficient (Wildman–Crippen LogP) is 4.03. The Labute approximate surface area is 175 Å².